The van der Waals surface area contributed by atoms with Crippen molar-refractivity contribution in [2.75, 3.05) is 6.61 Å². The Labute approximate surface area is 146 Å². The summed E-state index contributed by atoms with van der Waals surface area (Å²) in [6, 6.07) is 20.5. The third kappa shape index (κ3) is 5.97. The quantitative estimate of drug-likeness (QED) is 0.608. The molecule has 0 heterocycles. The lowest BCUT2D eigenvalue weighted by Gasteiger charge is -2.24. The molecular formula is C21H27NOSi. The fourth-order valence-electron chi connectivity index (χ4n) is 2.56. The van der Waals surface area contributed by atoms with Gasteiger partial charge in [-0.3, -0.25) is 0 Å². The predicted octanol–water partition coefficient (Wildman–Crippen LogP) is 4.32. The maximum atomic E-state index is 9.84. The molecule has 0 unspecified atom stereocenters. The Balaban J connectivity index is 2.20. The zero-order valence-corrected chi connectivity index (χ0v) is 15.8. The normalized spacial score (nSPS) is 13.7. The van der Waals surface area contributed by atoms with E-state index in [9.17, 15) is 5.11 Å². The highest BCUT2D eigenvalue weighted by Crippen LogP contribution is 2.22. The van der Waals surface area contributed by atoms with Crippen LogP contribution in [0.25, 0.3) is 0 Å². The van der Waals surface area contributed by atoms with Gasteiger partial charge < -0.3 is 10.4 Å². The summed E-state index contributed by atoms with van der Waals surface area (Å²) < 4.78 is 0. The molecule has 2 aromatic carbocycles. The van der Waals surface area contributed by atoms with Crippen LogP contribution >= 0.6 is 0 Å². The fourth-order valence-corrected chi connectivity index (χ4v) is 3.19. The first-order chi connectivity index (χ1) is 11.5. The van der Waals surface area contributed by atoms with Crippen LogP contribution in [0.4, 0.5) is 0 Å². The van der Waals surface area contributed by atoms with Crippen LogP contribution in [0, 0.1) is 11.5 Å². The van der Waals surface area contributed by atoms with Gasteiger partial charge in [0.2, 0.25) is 0 Å². The molecule has 0 saturated heterocycles. The van der Waals surface area contributed by atoms with E-state index in [2.05, 4.69) is 48.6 Å². The van der Waals surface area contributed by atoms with E-state index in [0.717, 1.165) is 12.0 Å². The smallest absolute Gasteiger partial charge is 0.129 e. The highest BCUT2D eigenvalue weighted by molar-refractivity contribution is 6.83. The average Bonchev–Trinajstić information content (AvgIpc) is 2.58. The third-order valence-corrected chi connectivity index (χ3v) is 4.69. The molecule has 2 rings (SSSR count). The monoisotopic (exact) mass is 337 g/mol. The van der Waals surface area contributed by atoms with Crippen molar-refractivity contribution in [3.8, 4) is 11.5 Å². The average molecular weight is 338 g/mol. The highest BCUT2D eigenvalue weighted by Gasteiger charge is 2.17. The Morgan fingerprint density at radius 3 is 1.83 bits per heavy atom. The van der Waals surface area contributed by atoms with E-state index in [4.69, 9.17) is 0 Å². The van der Waals surface area contributed by atoms with Crippen molar-refractivity contribution in [3.05, 3.63) is 71.8 Å². The van der Waals surface area contributed by atoms with Gasteiger partial charge in [0.15, 0.2) is 0 Å². The summed E-state index contributed by atoms with van der Waals surface area (Å²) in [7, 11) is -1.38. The predicted molar refractivity (Wildman–Crippen MR) is 104 cm³/mol. The summed E-state index contributed by atoms with van der Waals surface area (Å²) in [5, 5.41) is 13.4. The highest BCUT2D eigenvalue weighted by atomic mass is 28.3. The van der Waals surface area contributed by atoms with Gasteiger partial charge in [-0.15, -0.1) is 11.5 Å². The first-order valence-electron chi connectivity index (χ1n) is 8.46. The van der Waals surface area contributed by atoms with Gasteiger partial charge in [-0.25, -0.2) is 0 Å². The van der Waals surface area contributed by atoms with Gasteiger partial charge >= 0.3 is 0 Å². The molecule has 0 aliphatic heterocycles. The number of rotatable bonds is 6. The number of hydrogen-bond donors (Lipinski definition) is 2. The van der Waals surface area contributed by atoms with Crippen molar-refractivity contribution in [2.45, 2.75) is 38.1 Å². The number of benzene rings is 2. The summed E-state index contributed by atoms with van der Waals surface area (Å²) in [4.78, 5) is 0. The second kappa shape index (κ2) is 8.84. The lowest BCUT2D eigenvalue weighted by Crippen LogP contribution is -2.29. The van der Waals surface area contributed by atoms with Gasteiger partial charge in [-0.1, -0.05) is 80.3 Å². The molecule has 0 saturated carbocycles. The lowest BCUT2D eigenvalue weighted by atomic mass is 10.0. The zero-order chi connectivity index (χ0) is 17.4. The summed E-state index contributed by atoms with van der Waals surface area (Å²) in [6.45, 7) is 6.83. The van der Waals surface area contributed by atoms with Gasteiger partial charge in [0.1, 0.15) is 8.07 Å². The van der Waals surface area contributed by atoms with Crippen LogP contribution in [0.3, 0.4) is 0 Å². The molecule has 0 radical (unpaired) electrons. The maximum absolute atomic E-state index is 9.84. The molecule has 2 N–H and O–H groups in total. The molecule has 2 aromatic rings. The molecule has 2 atom stereocenters. The summed E-state index contributed by atoms with van der Waals surface area (Å²) in [5.74, 6) is 3.37. The van der Waals surface area contributed by atoms with Crippen LogP contribution in [-0.4, -0.2) is 19.8 Å². The SMILES string of the molecule is C[Si](C)(C)C#CC[C@H](N[C@H](CO)c1ccccc1)c1ccccc1. The van der Waals surface area contributed by atoms with Gasteiger partial charge in [0, 0.05) is 12.5 Å². The Kier molecular flexibility index (Phi) is 6.81. The van der Waals surface area contributed by atoms with Crippen LogP contribution in [0.5, 0.6) is 0 Å². The molecular weight excluding hydrogens is 310 g/mol. The first kappa shape index (κ1) is 18.5. The molecule has 0 aliphatic carbocycles. The summed E-state index contributed by atoms with van der Waals surface area (Å²) >= 11 is 0. The van der Waals surface area contributed by atoms with Gasteiger partial charge in [-0.05, 0) is 11.1 Å². The molecule has 0 fully saturated rings. The molecule has 126 valence electrons. The minimum Gasteiger partial charge on any atom is -0.394 e. The number of aliphatic hydroxyl groups is 1. The molecule has 0 spiro atoms. The first-order valence-corrected chi connectivity index (χ1v) is 12.0. The van der Waals surface area contributed by atoms with Crippen LogP contribution < -0.4 is 5.32 Å². The molecule has 0 amide bonds. The Morgan fingerprint density at radius 2 is 1.38 bits per heavy atom. The minimum absolute atomic E-state index is 0.0643. The van der Waals surface area contributed by atoms with Crippen LogP contribution in [0.1, 0.15) is 29.6 Å². The Hall–Kier alpha value is -1.86. The van der Waals surface area contributed by atoms with E-state index in [1.54, 1.807) is 0 Å². The molecule has 0 aliphatic rings. The van der Waals surface area contributed by atoms with Crippen molar-refractivity contribution in [2.24, 2.45) is 0 Å². The zero-order valence-electron chi connectivity index (χ0n) is 14.8. The van der Waals surface area contributed by atoms with Crippen molar-refractivity contribution in [1.29, 1.82) is 0 Å². The molecule has 3 heteroatoms. The van der Waals surface area contributed by atoms with Crippen LogP contribution in [0.2, 0.25) is 19.6 Å². The van der Waals surface area contributed by atoms with Crippen molar-refractivity contribution >= 4 is 8.07 Å². The lowest BCUT2D eigenvalue weighted by molar-refractivity contribution is 0.233. The largest absolute Gasteiger partial charge is 0.394 e. The van der Waals surface area contributed by atoms with E-state index in [-0.39, 0.29) is 18.7 Å². The van der Waals surface area contributed by atoms with E-state index < -0.39 is 8.07 Å². The third-order valence-electron chi connectivity index (χ3n) is 3.76. The number of nitrogens with one attached hydrogen (secondary N) is 1. The van der Waals surface area contributed by atoms with Crippen molar-refractivity contribution in [3.63, 3.8) is 0 Å². The van der Waals surface area contributed by atoms with Crippen molar-refractivity contribution < 1.29 is 5.11 Å². The van der Waals surface area contributed by atoms with Gasteiger partial charge in [0.05, 0.1) is 12.6 Å². The molecule has 24 heavy (non-hydrogen) atoms. The Bertz CT molecular complexity index is 668. The topological polar surface area (TPSA) is 32.3 Å². The molecule has 0 aromatic heterocycles. The number of aliphatic hydroxyl groups excluding tert-OH is 1. The minimum atomic E-state index is -1.38. The van der Waals surface area contributed by atoms with E-state index in [0.29, 0.717) is 0 Å². The van der Waals surface area contributed by atoms with E-state index in [1.807, 2.05) is 48.5 Å². The Morgan fingerprint density at radius 1 is 0.875 bits per heavy atom. The second-order valence-electron chi connectivity index (χ2n) is 7.03. The summed E-state index contributed by atoms with van der Waals surface area (Å²) in [5.41, 5.74) is 5.74. The van der Waals surface area contributed by atoms with E-state index >= 15 is 0 Å². The standard InChI is InChI=1S/C21H27NOSi/c1-24(2,3)16-10-15-20(18-11-6-4-7-12-18)22-21(17-23)19-13-8-5-9-14-19/h4-9,11-14,20-23H,15,17H2,1-3H3/t20-,21+/m0/s1. The van der Waals surface area contributed by atoms with Crippen molar-refractivity contribution in [1.82, 2.24) is 5.32 Å². The van der Waals surface area contributed by atoms with Gasteiger partial charge in [-0.2, -0.15) is 0 Å². The van der Waals surface area contributed by atoms with E-state index in [1.165, 1.54) is 5.56 Å². The fraction of sp³-hybridized carbons (Fsp3) is 0.333. The van der Waals surface area contributed by atoms with Gasteiger partial charge in [0.25, 0.3) is 0 Å². The maximum Gasteiger partial charge on any atom is 0.129 e. The summed E-state index contributed by atoms with van der Waals surface area (Å²) in [6.07, 6.45) is 0.748. The molecule has 0 bridgehead atoms. The van der Waals surface area contributed by atoms with Crippen LogP contribution in [-0.2, 0) is 0 Å². The second-order valence-corrected chi connectivity index (χ2v) is 11.8. The molecule has 2 nitrogen and oxygen atoms in total. The van der Waals surface area contributed by atoms with Crippen LogP contribution in [0.15, 0.2) is 60.7 Å². The number of hydrogen-bond acceptors (Lipinski definition) is 2.